The van der Waals surface area contributed by atoms with E-state index in [1.54, 1.807) is 26.4 Å². The average Bonchev–Trinajstić information content (AvgIpc) is 2.76. The minimum absolute atomic E-state index is 0.0437. The van der Waals surface area contributed by atoms with Crippen LogP contribution in [0.2, 0.25) is 0 Å². The number of nitrogens with zero attached hydrogens (tertiary/aromatic N) is 2. The summed E-state index contributed by atoms with van der Waals surface area (Å²) in [6, 6.07) is 12.8. The zero-order valence-corrected chi connectivity index (χ0v) is 16.8. The van der Waals surface area contributed by atoms with E-state index in [1.165, 1.54) is 5.01 Å². The second-order valence-corrected chi connectivity index (χ2v) is 7.58. The van der Waals surface area contributed by atoms with Crippen molar-refractivity contribution in [1.29, 1.82) is 0 Å². The van der Waals surface area contributed by atoms with Crippen LogP contribution in [0.25, 0.3) is 0 Å². The van der Waals surface area contributed by atoms with Crippen molar-refractivity contribution in [3.63, 3.8) is 0 Å². The Morgan fingerprint density at radius 2 is 1.76 bits per heavy atom. The molecule has 2 aromatic rings. The lowest BCUT2D eigenvalue weighted by molar-refractivity contribution is -0.139. The molecule has 0 bridgehead atoms. The van der Waals surface area contributed by atoms with Crippen LogP contribution in [0.3, 0.4) is 0 Å². The van der Waals surface area contributed by atoms with Gasteiger partial charge in [-0.05, 0) is 37.1 Å². The van der Waals surface area contributed by atoms with Crippen LogP contribution in [0, 0.1) is 11.8 Å². The van der Waals surface area contributed by atoms with Gasteiger partial charge in [-0.25, -0.2) is 5.01 Å². The summed E-state index contributed by atoms with van der Waals surface area (Å²) in [5, 5.41) is 16.5. The Morgan fingerprint density at radius 1 is 1.03 bits per heavy atom. The van der Waals surface area contributed by atoms with Crippen LogP contribution in [0.4, 0.5) is 0 Å². The van der Waals surface area contributed by atoms with Crippen LogP contribution >= 0.6 is 0 Å². The van der Waals surface area contributed by atoms with Gasteiger partial charge >= 0.3 is 0 Å². The molecule has 0 saturated heterocycles. The third-order valence-corrected chi connectivity index (χ3v) is 5.91. The van der Waals surface area contributed by atoms with Crippen molar-refractivity contribution in [2.24, 2.45) is 16.9 Å². The van der Waals surface area contributed by atoms with Crippen LogP contribution in [-0.4, -0.2) is 36.0 Å². The van der Waals surface area contributed by atoms with E-state index in [0.29, 0.717) is 17.1 Å². The van der Waals surface area contributed by atoms with E-state index in [-0.39, 0.29) is 30.0 Å². The topological polar surface area (TPSA) is 71.4 Å². The highest BCUT2D eigenvalue weighted by Crippen LogP contribution is 2.39. The summed E-state index contributed by atoms with van der Waals surface area (Å²) in [7, 11) is 3.22. The number of fused-ring (bicyclic) bond motifs is 1. The molecule has 1 heterocycles. The molecule has 0 unspecified atom stereocenters. The van der Waals surface area contributed by atoms with E-state index < -0.39 is 0 Å². The maximum atomic E-state index is 13.2. The minimum atomic E-state index is -0.0739. The highest BCUT2D eigenvalue weighted by Gasteiger charge is 2.41. The van der Waals surface area contributed by atoms with Gasteiger partial charge in [0, 0.05) is 23.0 Å². The van der Waals surface area contributed by atoms with Crippen molar-refractivity contribution in [2.75, 3.05) is 14.2 Å². The predicted octanol–water partition coefficient (Wildman–Crippen LogP) is 3.96. The Morgan fingerprint density at radius 3 is 2.48 bits per heavy atom. The largest absolute Gasteiger partial charge is 0.508 e. The monoisotopic (exact) mass is 394 g/mol. The van der Waals surface area contributed by atoms with Crippen molar-refractivity contribution >= 4 is 11.6 Å². The number of carbonyl (C=O) groups is 1. The number of hydrogen-bond acceptors (Lipinski definition) is 5. The average molecular weight is 394 g/mol. The molecule has 1 fully saturated rings. The first kappa shape index (κ1) is 19.3. The molecule has 1 aliphatic heterocycles. The lowest BCUT2D eigenvalue weighted by Crippen LogP contribution is -2.45. The number of carbonyl (C=O) groups excluding carboxylic acids is 1. The number of hydrazone groups is 1. The number of hydrogen-bond donors (Lipinski definition) is 1. The van der Waals surface area contributed by atoms with Crippen molar-refractivity contribution < 1.29 is 19.4 Å². The Hall–Kier alpha value is -3.02. The van der Waals surface area contributed by atoms with Gasteiger partial charge in [-0.1, -0.05) is 31.0 Å². The Labute approximate surface area is 170 Å². The molecule has 6 nitrogen and oxygen atoms in total. The molecule has 2 aliphatic rings. The fourth-order valence-corrected chi connectivity index (χ4v) is 4.39. The molecule has 1 aliphatic carbocycles. The Balaban J connectivity index is 1.75. The molecule has 152 valence electrons. The van der Waals surface area contributed by atoms with Crippen LogP contribution in [-0.2, 0) is 11.3 Å². The van der Waals surface area contributed by atoms with Crippen LogP contribution in [0.15, 0.2) is 47.6 Å². The van der Waals surface area contributed by atoms with Gasteiger partial charge in [0.1, 0.15) is 5.75 Å². The highest BCUT2D eigenvalue weighted by atomic mass is 16.5. The smallest absolute Gasteiger partial charge is 0.246 e. The van der Waals surface area contributed by atoms with Crippen molar-refractivity contribution in [2.45, 2.75) is 32.2 Å². The molecule has 0 radical (unpaired) electrons. The van der Waals surface area contributed by atoms with E-state index in [2.05, 4.69) is 0 Å². The maximum absolute atomic E-state index is 13.2. The van der Waals surface area contributed by atoms with Gasteiger partial charge in [-0.3, -0.25) is 4.79 Å². The lowest BCUT2D eigenvalue weighted by atomic mass is 9.73. The molecule has 1 N–H and O–H groups in total. The first-order valence-corrected chi connectivity index (χ1v) is 10.0. The van der Waals surface area contributed by atoms with Crippen molar-refractivity contribution in [1.82, 2.24) is 5.01 Å². The number of amides is 1. The molecule has 6 heteroatoms. The fourth-order valence-electron chi connectivity index (χ4n) is 4.39. The Bertz CT molecular complexity index is 940. The summed E-state index contributed by atoms with van der Waals surface area (Å²) in [5.41, 5.74) is 2.53. The van der Waals surface area contributed by atoms with Crippen LogP contribution < -0.4 is 9.47 Å². The number of phenols is 1. The number of phenolic OH excluding ortho intramolecular Hbond substituents is 1. The third kappa shape index (κ3) is 3.67. The van der Waals surface area contributed by atoms with Gasteiger partial charge in [0.25, 0.3) is 0 Å². The van der Waals surface area contributed by atoms with Gasteiger partial charge in [0.2, 0.25) is 5.91 Å². The zero-order valence-electron chi connectivity index (χ0n) is 16.8. The summed E-state index contributed by atoms with van der Waals surface area (Å²) < 4.78 is 10.8. The van der Waals surface area contributed by atoms with Crippen LogP contribution in [0.1, 0.15) is 36.8 Å². The molecule has 2 atom stereocenters. The molecule has 4 rings (SSSR count). The maximum Gasteiger partial charge on any atom is 0.246 e. The predicted molar refractivity (Wildman–Crippen MR) is 110 cm³/mol. The summed E-state index contributed by atoms with van der Waals surface area (Å²) in [6.07, 6.45) is 3.97. The molecule has 1 amide bonds. The second kappa shape index (κ2) is 8.15. The van der Waals surface area contributed by atoms with Crippen molar-refractivity contribution in [3.05, 3.63) is 53.6 Å². The summed E-state index contributed by atoms with van der Waals surface area (Å²) >= 11 is 0. The van der Waals surface area contributed by atoms with Crippen LogP contribution in [0.5, 0.6) is 17.2 Å². The molecule has 2 aromatic carbocycles. The SMILES string of the molecule is COc1ccc(C2=NN(Cc3ccccc3O)C(=O)[C@@H]3CCCC[C@H]23)cc1OC. The first-order valence-electron chi connectivity index (χ1n) is 10.0. The van der Waals surface area contributed by atoms with E-state index in [4.69, 9.17) is 14.6 Å². The third-order valence-electron chi connectivity index (χ3n) is 5.91. The number of rotatable bonds is 5. The van der Waals surface area contributed by atoms with Gasteiger partial charge in [-0.15, -0.1) is 0 Å². The first-order chi connectivity index (χ1) is 14.1. The van der Waals surface area contributed by atoms with E-state index in [9.17, 15) is 9.90 Å². The summed E-state index contributed by atoms with van der Waals surface area (Å²) in [5.74, 6) is 1.56. The molecule has 29 heavy (non-hydrogen) atoms. The zero-order chi connectivity index (χ0) is 20.4. The number of benzene rings is 2. The highest BCUT2D eigenvalue weighted by molar-refractivity contribution is 6.07. The standard InChI is InChI=1S/C23H26N2O4/c1-28-20-12-11-15(13-21(20)29-2)22-17-8-4-5-9-18(17)23(27)25(24-22)14-16-7-3-6-10-19(16)26/h3,6-7,10-13,17-18,26H,4-5,8-9,14H2,1-2H3/t17-,18+/m0/s1. The normalized spacial score (nSPS) is 21.4. The lowest BCUT2D eigenvalue weighted by Gasteiger charge is -2.38. The summed E-state index contributed by atoms with van der Waals surface area (Å²) in [6.45, 7) is 0.255. The van der Waals surface area contributed by atoms with Gasteiger partial charge in [0.05, 0.1) is 26.5 Å². The number of methoxy groups -OCH3 is 2. The van der Waals surface area contributed by atoms with Gasteiger partial charge < -0.3 is 14.6 Å². The number of aromatic hydroxyl groups is 1. The molecular formula is C23H26N2O4. The van der Waals surface area contributed by atoms with Crippen molar-refractivity contribution in [3.8, 4) is 17.2 Å². The van der Waals surface area contributed by atoms with Gasteiger partial charge in [0.15, 0.2) is 11.5 Å². The summed E-state index contributed by atoms with van der Waals surface area (Å²) in [4.78, 5) is 13.2. The van der Waals surface area contributed by atoms with Gasteiger partial charge in [-0.2, -0.15) is 5.10 Å². The van der Waals surface area contributed by atoms with E-state index in [1.807, 2.05) is 30.3 Å². The molecule has 0 spiro atoms. The number of ether oxygens (including phenoxy) is 2. The fraction of sp³-hybridized carbons (Fsp3) is 0.391. The Kier molecular flexibility index (Phi) is 5.43. The van der Waals surface area contributed by atoms with E-state index in [0.717, 1.165) is 37.0 Å². The minimum Gasteiger partial charge on any atom is -0.508 e. The molecular weight excluding hydrogens is 368 g/mol. The second-order valence-electron chi connectivity index (χ2n) is 7.58. The molecule has 0 aromatic heterocycles. The number of para-hydroxylation sites is 1. The van der Waals surface area contributed by atoms with E-state index >= 15 is 0 Å². The quantitative estimate of drug-likeness (QED) is 0.833. The molecule has 1 saturated carbocycles.